The Labute approximate surface area is 287 Å². The van der Waals surface area contributed by atoms with Crippen molar-refractivity contribution in [3.8, 4) is 0 Å². The van der Waals surface area contributed by atoms with Crippen molar-refractivity contribution in [1.82, 2.24) is 10.2 Å². The van der Waals surface area contributed by atoms with Gasteiger partial charge >= 0.3 is 12.1 Å². The number of esters is 1. The van der Waals surface area contributed by atoms with E-state index in [0.29, 0.717) is 5.57 Å². The standard InChI is InChI=1S/C37H54N2O8Si/c1-28(19-20-29(2)36(46-6)30(3)32(44-4)22-21-31-16-12-10-13-17-31)26-34(41)39(37(43)47-24-25-48(7,8)9)23-15-11-14-18-33(40)38-27-35(42)45-5/h10,12-23,26,29-30,32,36H,11,24-25,27H2,1-9H3,(H,38,40)/b18-14-,20-19+,22-21+,23-15-,28-26+/t29-,30+,32-,36-/m0/s1. The maximum Gasteiger partial charge on any atom is 0.420 e. The first kappa shape index (κ1) is 42.0. The van der Waals surface area contributed by atoms with Gasteiger partial charge < -0.3 is 24.3 Å². The molecule has 0 aromatic heterocycles. The summed E-state index contributed by atoms with van der Waals surface area (Å²) in [6.45, 7) is 12.4. The van der Waals surface area contributed by atoms with Crippen LogP contribution < -0.4 is 5.32 Å². The fraction of sp³-hybridized carbons (Fsp3) is 0.459. The number of carbonyl (C=O) groups is 4. The number of amides is 3. The molecular weight excluding hydrogens is 628 g/mol. The largest absolute Gasteiger partial charge is 0.468 e. The molecule has 1 aromatic carbocycles. The fourth-order valence-electron chi connectivity index (χ4n) is 4.51. The molecule has 0 spiro atoms. The van der Waals surface area contributed by atoms with Gasteiger partial charge in [-0.1, -0.05) is 100 Å². The first-order valence-corrected chi connectivity index (χ1v) is 19.8. The molecule has 0 aliphatic rings. The zero-order valence-corrected chi connectivity index (χ0v) is 30.9. The number of hydrogen-bond donors (Lipinski definition) is 1. The van der Waals surface area contributed by atoms with Crippen LogP contribution in [0.15, 0.2) is 84.6 Å². The minimum Gasteiger partial charge on any atom is -0.468 e. The van der Waals surface area contributed by atoms with Crippen molar-refractivity contribution < 1.29 is 38.1 Å². The summed E-state index contributed by atoms with van der Waals surface area (Å²) in [6.07, 6.45) is 14.0. The summed E-state index contributed by atoms with van der Waals surface area (Å²) in [5.41, 5.74) is 1.72. The molecule has 0 radical (unpaired) electrons. The van der Waals surface area contributed by atoms with Gasteiger partial charge in [0.2, 0.25) is 5.91 Å². The van der Waals surface area contributed by atoms with Gasteiger partial charge in [0.1, 0.15) is 6.54 Å². The Bertz CT molecular complexity index is 1310. The third-order valence-electron chi connectivity index (χ3n) is 7.33. The number of nitrogens with one attached hydrogen (secondary N) is 1. The molecule has 0 fully saturated rings. The molecule has 11 heteroatoms. The van der Waals surface area contributed by atoms with Gasteiger partial charge in [-0.25, -0.2) is 9.69 Å². The van der Waals surface area contributed by atoms with Crippen LogP contribution in [0, 0.1) is 11.8 Å². The van der Waals surface area contributed by atoms with Gasteiger partial charge in [-0.15, -0.1) is 0 Å². The summed E-state index contributed by atoms with van der Waals surface area (Å²) in [5, 5.41) is 2.39. The minimum atomic E-state index is -1.47. The van der Waals surface area contributed by atoms with E-state index in [1.807, 2.05) is 61.6 Å². The lowest BCUT2D eigenvalue weighted by Crippen LogP contribution is -2.35. The van der Waals surface area contributed by atoms with Crippen LogP contribution in [0.1, 0.15) is 32.8 Å². The summed E-state index contributed by atoms with van der Waals surface area (Å²) in [7, 11) is 3.12. The maximum absolute atomic E-state index is 13.3. The van der Waals surface area contributed by atoms with E-state index in [1.54, 1.807) is 27.2 Å². The van der Waals surface area contributed by atoms with E-state index in [4.69, 9.17) is 14.2 Å². The van der Waals surface area contributed by atoms with Crippen LogP contribution in [0.4, 0.5) is 4.79 Å². The average molecular weight is 683 g/mol. The molecule has 0 heterocycles. The number of hydrogen-bond acceptors (Lipinski definition) is 8. The summed E-state index contributed by atoms with van der Waals surface area (Å²) < 4.78 is 21.6. The summed E-state index contributed by atoms with van der Waals surface area (Å²) >= 11 is 0. The number of ether oxygens (including phenoxy) is 4. The van der Waals surface area contributed by atoms with Gasteiger partial charge in [-0.3, -0.25) is 14.4 Å². The second-order valence-corrected chi connectivity index (χ2v) is 18.2. The highest BCUT2D eigenvalue weighted by Crippen LogP contribution is 2.24. The van der Waals surface area contributed by atoms with Gasteiger partial charge in [0.25, 0.3) is 5.91 Å². The summed E-state index contributed by atoms with van der Waals surface area (Å²) in [4.78, 5) is 50.1. The molecule has 3 amide bonds. The highest BCUT2D eigenvalue weighted by atomic mass is 28.3. The molecular formula is C37H54N2O8Si. The highest BCUT2D eigenvalue weighted by Gasteiger charge is 2.28. The molecule has 10 nitrogen and oxygen atoms in total. The van der Waals surface area contributed by atoms with Crippen LogP contribution in [0.3, 0.4) is 0 Å². The molecule has 264 valence electrons. The van der Waals surface area contributed by atoms with E-state index in [-0.39, 0.29) is 43.6 Å². The molecule has 0 saturated carbocycles. The number of rotatable bonds is 19. The van der Waals surface area contributed by atoms with Crippen molar-refractivity contribution in [1.29, 1.82) is 0 Å². The molecule has 0 bridgehead atoms. The Kier molecular flexibility index (Phi) is 19.7. The van der Waals surface area contributed by atoms with E-state index in [1.165, 1.54) is 31.5 Å². The van der Waals surface area contributed by atoms with Crippen molar-refractivity contribution in [3.63, 3.8) is 0 Å². The Balaban J connectivity index is 3.01. The van der Waals surface area contributed by atoms with E-state index in [2.05, 4.69) is 36.6 Å². The van der Waals surface area contributed by atoms with Crippen LogP contribution in [0.25, 0.3) is 6.08 Å². The van der Waals surface area contributed by atoms with Gasteiger partial charge in [-0.05, 0) is 36.6 Å². The molecule has 4 atom stereocenters. The van der Waals surface area contributed by atoms with Gasteiger partial charge in [0, 0.05) is 46.4 Å². The van der Waals surface area contributed by atoms with Gasteiger partial charge in [0.05, 0.1) is 25.9 Å². The molecule has 1 aromatic rings. The quantitative estimate of drug-likeness (QED) is 0.0755. The van der Waals surface area contributed by atoms with E-state index in [0.717, 1.165) is 16.5 Å². The van der Waals surface area contributed by atoms with Crippen LogP contribution in [-0.2, 0) is 33.3 Å². The highest BCUT2D eigenvalue weighted by molar-refractivity contribution is 6.76. The number of imide groups is 1. The van der Waals surface area contributed by atoms with Gasteiger partial charge in [-0.2, -0.15) is 0 Å². The van der Waals surface area contributed by atoms with Crippen LogP contribution in [0.2, 0.25) is 25.7 Å². The predicted octanol–water partition coefficient (Wildman–Crippen LogP) is 6.56. The van der Waals surface area contributed by atoms with Crippen LogP contribution >= 0.6 is 0 Å². The monoisotopic (exact) mass is 682 g/mol. The van der Waals surface area contributed by atoms with E-state index >= 15 is 0 Å². The molecule has 1 rings (SSSR count). The number of benzene rings is 1. The zero-order chi connectivity index (χ0) is 36.1. The SMILES string of the molecule is COC(=O)CNC(=O)/C=C\C/C=C\N(C(=O)/C=C(C)/C=C/[C@H](C)[C@H](OC)[C@H](C)[C@H](/C=C/c1ccccc1)OC)C(=O)OCC[Si](C)(C)C. The third-order valence-corrected chi connectivity index (χ3v) is 9.04. The van der Waals surface area contributed by atoms with Crippen molar-refractivity contribution >= 4 is 38.0 Å². The minimum absolute atomic E-state index is 0.0186. The summed E-state index contributed by atoms with van der Waals surface area (Å²) in [6, 6.07) is 10.8. The van der Waals surface area contributed by atoms with Crippen molar-refractivity contribution in [2.24, 2.45) is 11.8 Å². The lowest BCUT2D eigenvalue weighted by molar-refractivity contribution is -0.140. The number of carbonyl (C=O) groups excluding carboxylic acids is 4. The Morgan fingerprint density at radius 2 is 1.62 bits per heavy atom. The molecule has 0 saturated heterocycles. The average Bonchev–Trinajstić information content (AvgIpc) is 3.04. The fourth-order valence-corrected chi connectivity index (χ4v) is 5.22. The Morgan fingerprint density at radius 1 is 0.938 bits per heavy atom. The predicted molar refractivity (Wildman–Crippen MR) is 193 cm³/mol. The molecule has 0 aliphatic heterocycles. The topological polar surface area (TPSA) is 120 Å². The maximum atomic E-state index is 13.3. The third kappa shape index (κ3) is 17.2. The van der Waals surface area contributed by atoms with Crippen molar-refractivity contribution in [2.45, 2.75) is 65.1 Å². The first-order chi connectivity index (χ1) is 22.7. The molecule has 1 N–H and O–H groups in total. The van der Waals surface area contributed by atoms with E-state index in [9.17, 15) is 19.2 Å². The van der Waals surface area contributed by atoms with Crippen LogP contribution in [0.5, 0.6) is 0 Å². The van der Waals surface area contributed by atoms with Gasteiger partial charge in [0.15, 0.2) is 0 Å². The van der Waals surface area contributed by atoms with Crippen LogP contribution in [-0.4, -0.2) is 83.5 Å². The van der Waals surface area contributed by atoms with Crippen molar-refractivity contribution in [2.75, 3.05) is 34.5 Å². The number of nitrogens with zero attached hydrogens (tertiary/aromatic N) is 1. The van der Waals surface area contributed by atoms with Crippen molar-refractivity contribution in [3.05, 3.63) is 90.2 Å². The normalized spacial score (nSPS) is 15.1. The smallest absolute Gasteiger partial charge is 0.420 e. The lowest BCUT2D eigenvalue weighted by Gasteiger charge is -2.30. The number of allylic oxidation sites excluding steroid dienone is 4. The first-order valence-electron chi connectivity index (χ1n) is 16.1. The summed E-state index contributed by atoms with van der Waals surface area (Å²) in [5.74, 6) is -1.61. The molecule has 48 heavy (non-hydrogen) atoms. The Morgan fingerprint density at radius 3 is 2.23 bits per heavy atom. The second-order valence-electron chi connectivity index (χ2n) is 12.6. The molecule has 0 unspecified atom stereocenters. The Hall–Kier alpha value is -4.06. The van der Waals surface area contributed by atoms with E-state index < -0.39 is 32.0 Å². The second kappa shape index (κ2) is 22.5. The molecule has 0 aliphatic carbocycles. The zero-order valence-electron chi connectivity index (χ0n) is 29.9. The lowest BCUT2D eigenvalue weighted by atomic mass is 9.88. The number of methoxy groups -OCH3 is 3.